The maximum absolute atomic E-state index is 12.4. The zero-order chi connectivity index (χ0) is 16.2. The third-order valence-electron chi connectivity index (χ3n) is 3.71. The van der Waals surface area contributed by atoms with Crippen LogP contribution < -0.4 is 4.74 Å². The van der Waals surface area contributed by atoms with Gasteiger partial charge in [-0.25, -0.2) is 0 Å². The summed E-state index contributed by atoms with van der Waals surface area (Å²) >= 11 is 0. The number of carbonyl (C=O) groups is 1. The first kappa shape index (κ1) is 17.7. The Hall–Kier alpha value is -1.31. The van der Waals surface area contributed by atoms with Crippen LogP contribution in [0.25, 0.3) is 0 Å². The molecule has 0 heterocycles. The molecule has 0 aliphatic rings. The molecule has 0 bridgehead atoms. The van der Waals surface area contributed by atoms with Crippen molar-refractivity contribution < 1.29 is 9.53 Å². The molecule has 0 aliphatic carbocycles. The fourth-order valence-electron chi connectivity index (χ4n) is 2.79. The molecule has 0 aromatic heterocycles. The average Bonchev–Trinajstić information content (AvgIpc) is 2.36. The third-order valence-corrected chi connectivity index (χ3v) is 3.71. The maximum Gasteiger partial charge on any atom is 0.140 e. The first-order valence-corrected chi connectivity index (χ1v) is 8.04. The molecule has 0 amide bonds. The Kier molecular flexibility index (Phi) is 6.44. The van der Waals surface area contributed by atoms with Gasteiger partial charge in [-0.15, -0.1) is 0 Å². The second kappa shape index (κ2) is 7.63. The van der Waals surface area contributed by atoms with Crippen LogP contribution >= 0.6 is 0 Å². The van der Waals surface area contributed by atoms with Crippen molar-refractivity contribution in [2.24, 2.45) is 11.8 Å². The van der Waals surface area contributed by atoms with Crippen LogP contribution in [0.4, 0.5) is 0 Å². The summed E-state index contributed by atoms with van der Waals surface area (Å²) in [5.41, 5.74) is 3.38. The lowest BCUT2D eigenvalue weighted by Gasteiger charge is -2.25. The summed E-state index contributed by atoms with van der Waals surface area (Å²) in [6.07, 6.45) is 0.569. The Labute approximate surface area is 129 Å². The average molecular weight is 290 g/mol. The van der Waals surface area contributed by atoms with Crippen LogP contribution in [0, 0.1) is 25.7 Å². The van der Waals surface area contributed by atoms with Crippen LogP contribution in [-0.4, -0.2) is 12.4 Å². The van der Waals surface area contributed by atoms with E-state index in [1.54, 1.807) is 0 Å². The first-order valence-electron chi connectivity index (χ1n) is 8.04. The number of hydrogen-bond donors (Lipinski definition) is 0. The van der Waals surface area contributed by atoms with Crippen molar-refractivity contribution in [1.29, 1.82) is 0 Å². The van der Waals surface area contributed by atoms with E-state index in [0.29, 0.717) is 24.7 Å². The highest BCUT2D eigenvalue weighted by Gasteiger charge is 2.27. The molecule has 0 spiro atoms. The van der Waals surface area contributed by atoms with Crippen molar-refractivity contribution in [3.63, 3.8) is 0 Å². The Morgan fingerprint density at radius 2 is 1.76 bits per heavy atom. The molecule has 118 valence electrons. The predicted octanol–water partition coefficient (Wildman–Crippen LogP) is 5.06. The van der Waals surface area contributed by atoms with Gasteiger partial charge in [0.1, 0.15) is 11.5 Å². The second-order valence-corrected chi connectivity index (χ2v) is 6.75. The Morgan fingerprint density at radius 3 is 2.24 bits per heavy atom. The summed E-state index contributed by atoms with van der Waals surface area (Å²) in [5, 5.41) is 0. The zero-order valence-electron chi connectivity index (χ0n) is 14.6. The van der Waals surface area contributed by atoms with Gasteiger partial charge >= 0.3 is 0 Å². The van der Waals surface area contributed by atoms with E-state index in [1.807, 2.05) is 6.92 Å². The highest BCUT2D eigenvalue weighted by Crippen LogP contribution is 2.37. The highest BCUT2D eigenvalue weighted by atomic mass is 16.5. The van der Waals surface area contributed by atoms with E-state index in [0.717, 1.165) is 16.9 Å². The summed E-state index contributed by atoms with van der Waals surface area (Å²) in [6, 6.07) is 4.26. The fourth-order valence-corrected chi connectivity index (χ4v) is 2.79. The lowest BCUT2D eigenvalue weighted by molar-refractivity contribution is -0.121. The van der Waals surface area contributed by atoms with Crippen LogP contribution in [0.3, 0.4) is 0 Å². The summed E-state index contributed by atoms with van der Waals surface area (Å²) in [5.74, 6) is 1.88. The van der Waals surface area contributed by atoms with Crippen LogP contribution in [-0.2, 0) is 4.79 Å². The largest absolute Gasteiger partial charge is 0.493 e. The van der Waals surface area contributed by atoms with Crippen LogP contribution in [0.1, 0.15) is 63.6 Å². The summed E-state index contributed by atoms with van der Waals surface area (Å²) in [7, 11) is 0. The Bertz CT molecular complexity index is 487. The van der Waals surface area contributed by atoms with E-state index in [-0.39, 0.29) is 11.8 Å². The topological polar surface area (TPSA) is 26.3 Å². The minimum atomic E-state index is -0.0734. The maximum atomic E-state index is 12.4. The van der Waals surface area contributed by atoms with Gasteiger partial charge in [-0.05, 0) is 31.2 Å². The van der Waals surface area contributed by atoms with Crippen molar-refractivity contribution >= 4 is 5.78 Å². The number of rotatable bonds is 7. The monoisotopic (exact) mass is 290 g/mol. The van der Waals surface area contributed by atoms with Crippen LogP contribution in [0.5, 0.6) is 5.75 Å². The van der Waals surface area contributed by atoms with Gasteiger partial charge in [-0.2, -0.15) is 0 Å². The molecule has 0 saturated carbocycles. The quantitative estimate of drug-likeness (QED) is 0.702. The number of aryl methyl sites for hydroxylation is 2. The second-order valence-electron chi connectivity index (χ2n) is 6.75. The molecule has 21 heavy (non-hydrogen) atoms. The molecule has 1 aromatic rings. The molecule has 2 heteroatoms. The number of benzene rings is 1. The standard InChI is InChI=1S/C19H30O2/c1-8-17(20)18(13(4)5)16-10-14(6)9-15(7)19(16)21-11-12(2)3/h9-10,12-13,18H,8,11H2,1-7H3. The molecule has 1 aromatic carbocycles. The van der Waals surface area contributed by atoms with Gasteiger partial charge in [-0.3, -0.25) is 4.79 Å². The molecule has 0 fully saturated rings. The van der Waals surface area contributed by atoms with Crippen molar-refractivity contribution in [3.05, 3.63) is 28.8 Å². The number of hydrogen-bond acceptors (Lipinski definition) is 2. The molecule has 1 rings (SSSR count). The Balaban J connectivity index is 3.32. The third kappa shape index (κ3) is 4.59. The van der Waals surface area contributed by atoms with E-state index in [2.05, 4.69) is 53.7 Å². The summed E-state index contributed by atoms with van der Waals surface area (Å²) in [4.78, 5) is 12.4. The molecular formula is C19H30O2. The fraction of sp³-hybridized carbons (Fsp3) is 0.632. The molecule has 0 N–H and O–H groups in total. The van der Waals surface area contributed by atoms with E-state index >= 15 is 0 Å². The van der Waals surface area contributed by atoms with Crippen molar-refractivity contribution in [1.82, 2.24) is 0 Å². The van der Waals surface area contributed by atoms with Crippen LogP contribution in [0.2, 0.25) is 0 Å². The van der Waals surface area contributed by atoms with E-state index in [4.69, 9.17) is 4.74 Å². The minimum Gasteiger partial charge on any atom is -0.493 e. The normalized spacial score (nSPS) is 12.8. The number of ketones is 1. The molecule has 0 saturated heterocycles. The van der Waals surface area contributed by atoms with Gasteiger partial charge in [-0.1, -0.05) is 52.3 Å². The van der Waals surface area contributed by atoms with Crippen molar-refractivity contribution in [2.75, 3.05) is 6.61 Å². The van der Waals surface area contributed by atoms with E-state index in [1.165, 1.54) is 5.56 Å². The SMILES string of the molecule is CCC(=O)C(c1cc(C)cc(C)c1OCC(C)C)C(C)C. The number of carbonyl (C=O) groups excluding carboxylic acids is 1. The van der Waals surface area contributed by atoms with Gasteiger partial charge < -0.3 is 4.74 Å². The number of ether oxygens (including phenoxy) is 1. The molecule has 2 nitrogen and oxygen atoms in total. The minimum absolute atomic E-state index is 0.0734. The summed E-state index contributed by atoms with van der Waals surface area (Å²) < 4.78 is 6.06. The van der Waals surface area contributed by atoms with Gasteiger partial charge in [0.05, 0.1) is 6.61 Å². The summed E-state index contributed by atoms with van der Waals surface area (Å²) in [6.45, 7) is 15.3. The molecular weight excluding hydrogens is 260 g/mol. The van der Waals surface area contributed by atoms with Crippen LogP contribution in [0.15, 0.2) is 12.1 Å². The highest BCUT2D eigenvalue weighted by molar-refractivity contribution is 5.86. The van der Waals surface area contributed by atoms with E-state index < -0.39 is 0 Å². The number of Topliss-reactive ketones (excluding diaryl/α,β-unsaturated/α-hetero) is 1. The molecule has 1 unspecified atom stereocenters. The lowest BCUT2D eigenvalue weighted by atomic mass is 9.82. The molecule has 0 radical (unpaired) electrons. The van der Waals surface area contributed by atoms with Crippen molar-refractivity contribution in [2.45, 2.75) is 60.8 Å². The molecule has 1 atom stereocenters. The van der Waals surface area contributed by atoms with Gasteiger partial charge in [0.25, 0.3) is 0 Å². The van der Waals surface area contributed by atoms with Gasteiger partial charge in [0.2, 0.25) is 0 Å². The van der Waals surface area contributed by atoms with Gasteiger partial charge in [0, 0.05) is 17.9 Å². The van der Waals surface area contributed by atoms with E-state index in [9.17, 15) is 4.79 Å². The van der Waals surface area contributed by atoms with Crippen molar-refractivity contribution in [3.8, 4) is 5.75 Å². The first-order chi connectivity index (χ1) is 9.77. The molecule has 0 aliphatic heterocycles. The Morgan fingerprint density at radius 1 is 1.14 bits per heavy atom. The lowest BCUT2D eigenvalue weighted by Crippen LogP contribution is -2.19. The smallest absolute Gasteiger partial charge is 0.140 e. The predicted molar refractivity (Wildman–Crippen MR) is 89.1 cm³/mol. The zero-order valence-corrected chi connectivity index (χ0v) is 14.6. The van der Waals surface area contributed by atoms with Gasteiger partial charge in [0.15, 0.2) is 0 Å².